The molecule has 1 saturated carbocycles. The van der Waals surface area contributed by atoms with E-state index in [1.54, 1.807) is 0 Å². The third kappa shape index (κ3) is 1.92. The molecule has 1 aliphatic rings. The first kappa shape index (κ1) is 8.76. The van der Waals surface area contributed by atoms with Crippen LogP contribution in [-0.2, 0) is 0 Å². The Labute approximate surface area is 80.0 Å². The molecular formula is C12H17N. The summed E-state index contributed by atoms with van der Waals surface area (Å²) in [4.78, 5) is 0. The minimum atomic E-state index is 0.436. The molecule has 0 spiro atoms. The van der Waals surface area contributed by atoms with E-state index in [4.69, 9.17) is 5.73 Å². The summed E-state index contributed by atoms with van der Waals surface area (Å²) in [6.45, 7) is 2.15. The van der Waals surface area contributed by atoms with Crippen LogP contribution in [0.15, 0.2) is 24.3 Å². The van der Waals surface area contributed by atoms with Crippen LogP contribution in [0.1, 0.15) is 36.3 Å². The maximum absolute atomic E-state index is 5.90. The molecule has 1 aromatic rings. The molecule has 1 fully saturated rings. The zero-order valence-corrected chi connectivity index (χ0v) is 8.16. The molecule has 0 aliphatic heterocycles. The molecule has 2 atom stereocenters. The quantitative estimate of drug-likeness (QED) is 0.697. The highest BCUT2D eigenvalue weighted by molar-refractivity contribution is 5.26. The average Bonchev–Trinajstić information content (AvgIpc) is 2.52. The Morgan fingerprint density at radius 3 is 2.77 bits per heavy atom. The topological polar surface area (TPSA) is 26.0 Å². The molecule has 2 rings (SSSR count). The van der Waals surface area contributed by atoms with Crippen molar-refractivity contribution in [1.29, 1.82) is 0 Å². The third-order valence-corrected chi connectivity index (χ3v) is 2.99. The van der Waals surface area contributed by atoms with Gasteiger partial charge >= 0.3 is 0 Å². The second kappa shape index (κ2) is 3.51. The molecule has 1 nitrogen and oxygen atoms in total. The molecule has 1 heteroatoms. The maximum atomic E-state index is 5.90. The Balaban J connectivity index is 2.16. The van der Waals surface area contributed by atoms with E-state index in [0.717, 1.165) is 5.92 Å². The fourth-order valence-corrected chi connectivity index (χ4v) is 2.24. The lowest BCUT2D eigenvalue weighted by molar-refractivity contribution is 0.674. The van der Waals surface area contributed by atoms with Crippen molar-refractivity contribution in [3.63, 3.8) is 0 Å². The van der Waals surface area contributed by atoms with Gasteiger partial charge in [0.15, 0.2) is 0 Å². The van der Waals surface area contributed by atoms with Crippen molar-refractivity contribution in [1.82, 2.24) is 0 Å². The number of hydrogen-bond donors (Lipinski definition) is 1. The van der Waals surface area contributed by atoms with Gasteiger partial charge in [0.25, 0.3) is 0 Å². The molecule has 2 N–H and O–H groups in total. The molecule has 1 aliphatic carbocycles. The van der Waals surface area contributed by atoms with Crippen LogP contribution in [0.4, 0.5) is 0 Å². The molecule has 70 valence electrons. The maximum Gasteiger partial charge on any atom is 0.00448 e. The first-order valence-corrected chi connectivity index (χ1v) is 5.08. The molecular weight excluding hydrogens is 158 g/mol. The van der Waals surface area contributed by atoms with Gasteiger partial charge in [0.1, 0.15) is 0 Å². The molecule has 0 radical (unpaired) electrons. The van der Waals surface area contributed by atoms with Crippen molar-refractivity contribution in [2.24, 2.45) is 5.73 Å². The van der Waals surface area contributed by atoms with Crippen molar-refractivity contribution in [3.8, 4) is 0 Å². The first-order valence-electron chi connectivity index (χ1n) is 5.08. The van der Waals surface area contributed by atoms with Crippen molar-refractivity contribution in [2.45, 2.75) is 38.1 Å². The van der Waals surface area contributed by atoms with Crippen molar-refractivity contribution in [2.75, 3.05) is 0 Å². The smallest absolute Gasteiger partial charge is 0.00448 e. The van der Waals surface area contributed by atoms with Gasteiger partial charge in [0, 0.05) is 6.04 Å². The van der Waals surface area contributed by atoms with Crippen molar-refractivity contribution >= 4 is 0 Å². The second-order valence-corrected chi connectivity index (χ2v) is 4.18. The second-order valence-electron chi connectivity index (χ2n) is 4.18. The largest absolute Gasteiger partial charge is 0.328 e. The normalized spacial score (nSPS) is 27.8. The third-order valence-electron chi connectivity index (χ3n) is 2.99. The highest BCUT2D eigenvalue weighted by Gasteiger charge is 2.22. The summed E-state index contributed by atoms with van der Waals surface area (Å²) in [7, 11) is 0. The fraction of sp³-hybridized carbons (Fsp3) is 0.500. The summed E-state index contributed by atoms with van der Waals surface area (Å²) in [5, 5.41) is 0. The Morgan fingerprint density at radius 1 is 1.31 bits per heavy atom. The van der Waals surface area contributed by atoms with E-state index >= 15 is 0 Å². The van der Waals surface area contributed by atoms with Gasteiger partial charge < -0.3 is 5.73 Å². The van der Waals surface area contributed by atoms with E-state index in [2.05, 4.69) is 31.2 Å². The van der Waals surface area contributed by atoms with Gasteiger partial charge in [-0.2, -0.15) is 0 Å². The number of benzene rings is 1. The van der Waals surface area contributed by atoms with Crippen LogP contribution < -0.4 is 5.73 Å². The van der Waals surface area contributed by atoms with E-state index in [9.17, 15) is 0 Å². The summed E-state index contributed by atoms with van der Waals surface area (Å²) in [5.41, 5.74) is 8.74. The van der Waals surface area contributed by atoms with Crippen LogP contribution >= 0.6 is 0 Å². The number of hydrogen-bond acceptors (Lipinski definition) is 1. The summed E-state index contributed by atoms with van der Waals surface area (Å²) in [6, 6.07) is 9.26. The molecule has 0 saturated heterocycles. The predicted molar refractivity (Wildman–Crippen MR) is 55.7 cm³/mol. The molecule has 0 bridgehead atoms. The first-order chi connectivity index (χ1) is 6.25. The van der Waals surface area contributed by atoms with Gasteiger partial charge in [-0.25, -0.2) is 0 Å². The van der Waals surface area contributed by atoms with Crippen LogP contribution in [0.25, 0.3) is 0 Å². The van der Waals surface area contributed by atoms with Crippen LogP contribution in [0.3, 0.4) is 0 Å². The van der Waals surface area contributed by atoms with Crippen LogP contribution in [0.2, 0.25) is 0 Å². The van der Waals surface area contributed by atoms with E-state index in [-0.39, 0.29) is 0 Å². The minimum Gasteiger partial charge on any atom is -0.328 e. The number of nitrogens with two attached hydrogens (primary N) is 1. The molecule has 13 heavy (non-hydrogen) atoms. The SMILES string of the molecule is Cc1cccc([C@H]2CC[C@@H](N)C2)c1. The molecule has 0 heterocycles. The van der Waals surface area contributed by atoms with Crippen molar-refractivity contribution in [3.05, 3.63) is 35.4 Å². The van der Waals surface area contributed by atoms with Gasteiger partial charge in [0.05, 0.1) is 0 Å². The van der Waals surface area contributed by atoms with Gasteiger partial charge in [-0.3, -0.25) is 0 Å². The highest BCUT2D eigenvalue weighted by Crippen LogP contribution is 2.33. The number of aryl methyl sites for hydroxylation is 1. The fourth-order valence-electron chi connectivity index (χ4n) is 2.24. The summed E-state index contributed by atoms with van der Waals surface area (Å²) < 4.78 is 0. The molecule has 0 unspecified atom stereocenters. The molecule has 1 aromatic carbocycles. The summed E-state index contributed by atoms with van der Waals surface area (Å²) >= 11 is 0. The van der Waals surface area contributed by atoms with Crippen molar-refractivity contribution < 1.29 is 0 Å². The standard InChI is InChI=1S/C12H17N/c1-9-3-2-4-10(7-9)11-5-6-12(13)8-11/h2-4,7,11-12H,5-6,8,13H2,1H3/t11-,12+/m0/s1. The summed E-state index contributed by atoms with van der Waals surface area (Å²) in [5.74, 6) is 0.717. The monoisotopic (exact) mass is 175 g/mol. The lowest BCUT2D eigenvalue weighted by atomic mass is 9.96. The highest BCUT2D eigenvalue weighted by atomic mass is 14.6. The Kier molecular flexibility index (Phi) is 2.36. The van der Waals surface area contributed by atoms with E-state index in [1.807, 2.05) is 0 Å². The Morgan fingerprint density at radius 2 is 2.15 bits per heavy atom. The van der Waals surface area contributed by atoms with Gasteiger partial charge in [-0.15, -0.1) is 0 Å². The van der Waals surface area contributed by atoms with E-state index in [0.29, 0.717) is 6.04 Å². The molecule has 0 amide bonds. The average molecular weight is 175 g/mol. The van der Waals surface area contributed by atoms with Crippen LogP contribution in [0, 0.1) is 6.92 Å². The van der Waals surface area contributed by atoms with Gasteiger partial charge in [-0.1, -0.05) is 29.8 Å². The molecule has 0 aromatic heterocycles. The van der Waals surface area contributed by atoms with E-state index in [1.165, 1.54) is 30.4 Å². The minimum absolute atomic E-state index is 0.436. The summed E-state index contributed by atoms with van der Waals surface area (Å²) in [6.07, 6.45) is 3.63. The lowest BCUT2D eigenvalue weighted by Crippen LogP contribution is -2.14. The number of rotatable bonds is 1. The van der Waals surface area contributed by atoms with Crippen LogP contribution in [0.5, 0.6) is 0 Å². The van der Waals surface area contributed by atoms with Gasteiger partial charge in [-0.05, 0) is 37.7 Å². The zero-order valence-electron chi connectivity index (χ0n) is 8.16. The lowest BCUT2D eigenvalue weighted by Gasteiger charge is -2.10. The Hall–Kier alpha value is -0.820. The predicted octanol–water partition coefficient (Wildman–Crippen LogP) is 2.59. The van der Waals surface area contributed by atoms with E-state index < -0.39 is 0 Å². The van der Waals surface area contributed by atoms with Gasteiger partial charge in [0.2, 0.25) is 0 Å². The Bertz CT molecular complexity index is 293. The van der Waals surface area contributed by atoms with Crippen LogP contribution in [-0.4, -0.2) is 6.04 Å². The zero-order chi connectivity index (χ0) is 9.26.